The van der Waals surface area contributed by atoms with Crippen LogP contribution >= 0.6 is 0 Å². The molecule has 0 amide bonds. The molecule has 0 aromatic heterocycles. The van der Waals surface area contributed by atoms with Crippen molar-refractivity contribution in [1.82, 2.24) is 0 Å². The summed E-state index contributed by atoms with van der Waals surface area (Å²) in [5, 5.41) is 0. The van der Waals surface area contributed by atoms with E-state index in [0.717, 1.165) is 13.2 Å². The van der Waals surface area contributed by atoms with Gasteiger partial charge < -0.3 is 9.47 Å². The molecule has 2 aliphatic rings. The number of rotatable bonds is 12. The molecule has 0 heterocycles. The first-order chi connectivity index (χ1) is 21.0. The Morgan fingerprint density at radius 1 is 0.568 bits per heavy atom. The molecule has 0 radical (unpaired) electrons. The minimum Gasteiger partial charge on any atom is -0.385 e. The third kappa shape index (κ3) is 8.15. The highest BCUT2D eigenvalue weighted by Gasteiger charge is 2.44. The normalized spacial score (nSPS) is 16.4. The first-order valence-electron chi connectivity index (χ1n) is 15.1. The van der Waals surface area contributed by atoms with Gasteiger partial charge in [0.25, 0.3) is 0 Å². The van der Waals surface area contributed by atoms with Crippen LogP contribution in [0.3, 0.4) is 0 Å². The van der Waals surface area contributed by atoms with Gasteiger partial charge in [-0.2, -0.15) is 0 Å². The highest BCUT2D eigenvalue weighted by molar-refractivity contribution is 6.37. The maximum atomic E-state index is 13.0. The summed E-state index contributed by atoms with van der Waals surface area (Å²) in [6.45, 7) is 9.27. The fourth-order valence-electron chi connectivity index (χ4n) is 4.81. The molecule has 0 spiro atoms. The summed E-state index contributed by atoms with van der Waals surface area (Å²) < 4.78 is 9.56. The van der Waals surface area contributed by atoms with Crippen LogP contribution < -0.4 is 0 Å². The van der Waals surface area contributed by atoms with Crippen molar-refractivity contribution < 1.29 is 43.0 Å². The predicted molar refractivity (Wildman–Crippen MR) is 165 cm³/mol. The lowest BCUT2D eigenvalue weighted by atomic mass is 9.96. The second-order valence-corrected chi connectivity index (χ2v) is 10.5. The molecule has 0 N–H and O–H groups in total. The van der Waals surface area contributed by atoms with Crippen molar-refractivity contribution in [1.29, 1.82) is 0 Å². The zero-order valence-corrected chi connectivity index (χ0v) is 26.4. The van der Waals surface area contributed by atoms with Crippen LogP contribution in [0.15, 0.2) is 36.4 Å². The molecule has 236 valence electrons. The van der Waals surface area contributed by atoms with Crippen LogP contribution in [0.1, 0.15) is 124 Å². The van der Waals surface area contributed by atoms with Gasteiger partial charge in [-0.15, -0.1) is 0 Å². The predicted octanol–water partition coefficient (Wildman–Crippen LogP) is 5.73. The summed E-state index contributed by atoms with van der Waals surface area (Å²) in [4.78, 5) is 87.2. The monoisotopic (exact) mass is 606 g/mol. The molecule has 2 aromatic rings. The zero-order valence-electron chi connectivity index (χ0n) is 26.4. The van der Waals surface area contributed by atoms with Crippen LogP contribution in [0.25, 0.3) is 0 Å². The highest BCUT2D eigenvalue weighted by atomic mass is 16.5. The van der Waals surface area contributed by atoms with E-state index >= 15 is 0 Å². The van der Waals surface area contributed by atoms with Gasteiger partial charge in [0.05, 0.1) is 0 Å². The molecule has 0 aliphatic heterocycles. The first-order valence-corrected chi connectivity index (χ1v) is 15.1. The number of fused-ring (bicyclic) bond motifs is 2. The minimum absolute atomic E-state index is 0.0219. The molecule has 2 aromatic carbocycles. The Bertz CT molecular complexity index is 1310. The number of ether oxygens (including phenoxy) is 2. The number of carbonyl (C=O) groups is 7. The fourth-order valence-corrected chi connectivity index (χ4v) is 4.81. The largest absolute Gasteiger partial charge is 0.385 e. The Balaban J connectivity index is 0.000000477. The number of methoxy groups -OCH3 is 2. The molecule has 2 unspecified atom stereocenters. The summed E-state index contributed by atoms with van der Waals surface area (Å²) in [6.07, 6.45) is 4.94. The molecule has 2 atom stereocenters. The second kappa shape index (κ2) is 17.4. The average Bonchev–Trinajstić information content (AvgIpc) is 3.45. The number of ketones is 7. The Morgan fingerprint density at radius 2 is 0.909 bits per heavy atom. The van der Waals surface area contributed by atoms with E-state index in [-0.39, 0.29) is 46.2 Å². The summed E-state index contributed by atoms with van der Waals surface area (Å²) in [7, 11) is 3.46. The van der Waals surface area contributed by atoms with Gasteiger partial charge in [-0.3, -0.25) is 33.6 Å². The van der Waals surface area contributed by atoms with E-state index < -0.39 is 52.3 Å². The smallest absolute Gasteiger partial charge is 0.193 e. The number of hydrogen-bond acceptors (Lipinski definition) is 9. The van der Waals surface area contributed by atoms with Crippen molar-refractivity contribution in [3.05, 3.63) is 69.8 Å². The summed E-state index contributed by atoms with van der Waals surface area (Å²) in [6, 6.07) is 8.03. The van der Waals surface area contributed by atoms with E-state index in [9.17, 15) is 33.6 Å². The quantitative estimate of drug-likeness (QED) is 0.168. The zero-order chi connectivity index (χ0) is 33.0. The second-order valence-electron chi connectivity index (χ2n) is 10.5. The SMILES string of the molecule is CCC(=O)C1C(=O)c2ccc(C(=O)c3ccc4c(c3)C(=O)C(C(=O)CC)C4=O)cc2C1=O.CCCCOC.CCCCOC. The van der Waals surface area contributed by atoms with Crippen molar-refractivity contribution in [2.75, 3.05) is 27.4 Å². The van der Waals surface area contributed by atoms with Gasteiger partial charge >= 0.3 is 0 Å². The van der Waals surface area contributed by atoms with Crippen LogP contribution in [0, 0.1) is 11.8 Å². The van der Waals surface area contributed by atoms with E-state index in [1.165, 1.54) is 62.1 Å². The summed E-state index contributed by atoms with van der Waals surface area (Å²) >= 11 is 0. The number of benzene rings is 2. The molecular formula is C35H42O9. The molecule has 9 heteroatoms. The van der Waals surface area contributed by atoms with Gasteiger partial charge in [-0.25, -0.2) is 0 Å². The van der Waals surface area contributed by atoms with Gasteiger partial charge in [0, 0.05) is 73.7 Å². The van der Waals surface area contributed by atoms with Crippen molar-refractivity contribution in [2.45, 2.75) is 66.2 Å². The maximum Gasteiger partial charge on any atom is 0.193 e. The molecule has 0 saturated heterocycles. The van der Waals surface area contributed by atoms with Gasteiger partial charge in [0.15, 0.2) is 40.5 Å². The van der Waals surface area contributed by atoms with Crippen LogP contribution in [0.2, 0.25) is 0 Å². The molecular weight excluding hydrogens is 564 g/mol. The Kier molecular flexibility index (Phi) is 14.3. The van der Waals surface area contributed by atoms with Crippen LogP contribution in [-0.2, 0) is 19.1 Å². The molecule has 2 aliphatic carbocycles. The Hall–Kier alpha value is -3.95. The molecule has 44 heavy (non-hydrogen) atoms. The number of unbranched alkanes of at least 4 members (excludes halogenated alkanes) is 2. The molecule has 0 bridgehead atoms. The summed E-state index contributed by atoms with van der Waals surface area (Å²) in [5.41, 5.74) is 0.463. The van der Waals surface area contributed by atoms with Crippen LogP contribution in [0.4, 0.5) is 0 Å². The van der Waals surface area contributed by atoms with Gasteiger partial charge in [0.1, 0.15) is 11.8 Å². The topological polar surface area (TPSA) is 138 Å². The van der Waals surface area contributed by atoms with Crippen molar-refractivity contribution in [3.63, 3.8) is 0 Å². The average molecular weight is 607 g/mol. The first kappa shape index (κ1) is 36.2. The Labute approximate surface area is 258 Å². The molecule has 0 saturated carbocycles. The number of hydrogen-bond donors (Lipinski definition) is 0. The van der Waals surface area contributed by atoms with Gasteiger partial charge in [-0.05, 0) is 37.1 Å². The van der Waals surface area contributed by atoms with E-state index in [4.69, 9.17) is 9.47 Å². The van der Waals surface area contributed by atoms with Crippen LogP contribution in [-0.4, -0.2) is 67.9 Å². The lowest BCUT2D eigenvalue weighted by Crippen LogP contribution is -2.24. The molecule has 0 fully saturated rings. The van der Waals surface area contributed by atoms with E-state index in [1.807, 2.05) is 0 Å². The molecule has 9 nitrogen and oxygen atoms in total. The highest BCUT2D eigenvalue weighted by Crippen LogP contribution is 2.32. The third-order valence-electron chi connectivity index (χ3n) is 7.42. The van der Waals surface area contributed by atoms with Gasteiger partial charge in [0.2, 0.25) is 0 Å². The standard InChI is InChI=1S/C25H18O7.2C5H12O/c1-3-17(26)19-22(29)13-7-5-11(9-15(13)24(19)31)21(28)12-6-8-14-16(10-12)25(32)20(23(14)30)18(27)4-2;2*1-3-4-5-6-2/h5-10,19-20H,3-4H2,1-2H3;2*3-5H2,1-2H3. The fraction of sp³-hybridized carbons (Fsp3) is 0.457. The van der Waals surface area contributed by atoms with E-state index in [0.29, 0.717) is 0 Å². The van der Waals surface area contributed by atoms with E-state index in [1.54, 1.807) is 28.1 Å². The minimum atomic E-state index is -1.36. The molecule has 4 rings (SSSR count). The lowest BCUT2D eigenvalue weighted by Gasteiger charge is -2.05. The number of carbonyl (C=O) groups excluding carboxylic acids is 7. The van der Waals surface area contributed by atoms with Crippen molar-refractivity contribution in [3.8, 4) is 0 Å². The van der Waals surface area contributed by atoms with Gasteiger partial charge in [-0.1, -0.05) is 52.7 Å². The number of Topliss-reactive ketones (excluding diaryl/α,β-unsaturated/α-hetero) is 6. The van der Waals surface area contributed by atoms with Crippen molar-refractivity contribution in [2.24, 2.45) is 11.8 Å². The summed E-state index contributed by atoms with van der Waals surface area (Å²) in [5.74, 6) is -6.57. The van der Waals surface area contributed by atoms with E-state index in [2.05, 4.69) is 13.8 Å². The lowest BCUT2D eigenvalue weighted by molar-refractivity contribution is -0.120. The Morgan fingerprint density at radius 3 is 1.18 bits per heavy atom. The third-order valence-corrected chi connectivity index (χ3v) is 7.42. The maximum absolute atomic E-state index is 13.0. The van der Waals surface area contributed by atoms with Crippen molar-refractivity contribution >= 4 is 40.5 Å². The van der Waals surface area contributed by atoms with Crippen LogP contribution in [0.5, 0.6) is 0 Å².